The summed E-state index contributed by atoms with van der Waals surface area (Å²) in [5.41, 5.74) is -1.85. The quantitative estimate of drug-likeness (QED) is 0.766. The minimum Gasteiger partial charge on any atom is -0.494 e. The average Bonchev–Trinajstić information content (AvgIpc) is 2.24. The molecule has 1 atom stereocenters. The van der Waals surface area contributed by atoms with E-state index < -0.39 is 15.6 Å². The molecule has 0 amide bonds. The first-order valence-electron chi connectivity index (χ1n) is 4.82. The number of aliphatic hydroxyl groups is 1. The van der Waals surface area contributed by atoms with E-state index in [2.05, 4.69) is 0 Å². The maximum absolute atomic E-state index is 10.7. The molecule has 0 aliphatic rings. The highest BCUT2D eigenvalue weighted by atomic mass is 32.2. The number of benzene rings is 1. The van der Waals surface area contributed by atoms with Crippen molar-refractivity contribution in [1.29, 1.82) is 0 Å². The first kappa shape index (κ1) is 13.0. The number of rotatable bonds is 5. The summed E-state index contributed by atoms with van der Waals surface area (Å²) in [4.78, 5) is 0. The van der Waals surface area contributed by atoms with Crippen LogP contribution >= 0.6 is 0 Å². The molecule has 0 aromatic heterocycles. The summed E-state index contributed by atoms with van der Waals surface area (Å²) in [6, 6.07) is 5.98. The largest absolute Gasteiger partial charge is 0.494 e. The molecule has 1 aromatic rings. The summed E-state index contributed by atoms with van der Waals surface area (Å²) in [6.07, 6.45) is 0.824. The molecule has 0 aliphatic carbocycles. The number of aliphatic hydroxyl groups excluding tert-OH is 1. The van der Waals surface area contributed by atoms with E-state index in [0.29, 0.717) is 12.4 Å². The normalized spacial score (nSPS) is 13.4. The van der Waals surface area contributed by atoms with Crippen molar-refractivity contribution in [3.05, 3.63) is 29.8 Å². The van der Waals surface area contributed by atoms with Gasteiger partial charge in [-0.3, -0.25) is 4.55 Å². The lowest BCUT2D eigenvalue weighted by atomic mass is 10.2. The van der Waals surface area contributed by atoms with Crippen LogP contribution in [0.15, 0.2) is 24.3 Å². The minimum atomic E-state index is -4.49. The van der Waals surface area contributed by atoms with Gasteiger partial charge in [-0.2, -0.15) is 8.42 Å². The molecule has 1 rings (SSSR count). The third-order valence-corrected chi connectivity index (χ3v) is 2.73. The number of ether oxygens (including phenoxy) is 1. The van der Waals surface area contributed by atoms with Gasteiger partial charge in [-0.15, -0.1) is 0 Å². The first-order valence-corrected chi connectivity index (χ1v) is 6.32. The van der Waals surface area contributed by atoms with Gasteiger partial charge in [0.2, 0.25) is 5.44 Å². The standard InChI is InChI=1S/C10H14O5S/c1-2-6-15-9-5-3-4-8(7-9)10(11)16(12,13)14/h3-5,7,10-11H,2,6H2,1H3,(H,12,13,14). The highest BCUT2D eigenvalue weighted by Gasteiger charge is 2.21. The lowest BCUT2D eigenvalue weighted by Gasteiger charge is -2.10. The van der Waals surface area contributed by atoms with Crippen LogP contribution in [0, 0.1) is 0 Å². The highest BCUT2D eigenvalue weighted by Crippen LogP contribution is 2.22. The molecule has 0 saturated heterocycles. The lowest BCUT2D eigenvalue weighted by Crippen LogP contribution is -2.11. The van der Waals surface area contributed by atoms with Crippen LogP contribution in [0.2, 0.25) is 0 Å². The Bertz CT molecular complexity index is 440. The van der Waals surface area contributed by atoms with Gasteiger partial charge in [-0.1, -0.05) is 19.1 Å². The van der Waals surface area contributed by atoms with Crippen LogP contribution in [0.4, 0.5) is 0 Å². The Morgan fingerprint density at radius 3 is 2.69 bits per heavy atom. The summed E-state index contributed by atoms with van der Waals surface area (Å²) in [7, 11) is -4.49. The van der Waals surface area contributed by atoms with E-state index in [0.717, 1.165) is 6.42 Å². The summed E-state index contributed by atoms with van der Waals surface area (Å²) in [6.45, 7) is 2.45. The Kier molecular flexibility index (Phi) is 4.28. The second-order valence-electron chi connectivity index (χ2n) is 3.29. The van der Waals surface area contributed by atoms with Crippen molar-refractivity contribution < 1.29 is 22.8 Å². The zero-order valence-corrected chi connectivity index (χ0v) is 9.64. The van der Waals surface area contributed by atoms with Gasteiger partial charge in [-0.25, -0.2) is 0 Å². The third kappa shape index (κ3) is 3.48. The molecule has 0 fully saturated rings. The zero-order chi connectivity index (χ0) is 12.2. The van der Waals surface area contributed by atoms with E-state index in [9.17, 15) is 13.5 Å². The zero-order valence-electron chi connectivity index (χ0n) is 8.83. The van der Waals surface area contributed by atoms with E-state index in [1.165, 1.54) is 12.1 Å². The van der Waals surface area contributed by atoms with Crippen molar-refractivity contribution in [1.82, 2.24) is 0 Å². The second kappa shape index (κ2) is 5.29. The molecule has 16 heavy (non-hydrogen) atoms. The molecule has 1 aromatic carbocycles. The van der Waals surface area contributed by atoms with Crippen LogP contribution in [-0.4, -0.2) is 24.7 Å². The number of hydrogen-bond acceptors (Lipinski definition) is 4. The molecule has 2 N–H and O–H groups in total. The van der Waals surface area contributed by atoms with E-state index >= 15 is 0 Å². The Morgan fingerprint density at radius 1 is 1.44 bits per heavy atom. The first-order chi connectivity index (χ1) is 7.45. The molecule has 0 bridgehead atoms. The second-order valence-corrected chi connectivity index (χ2v) is 4.76. The Hall–Kier alpha value is -1.11. The van der Waals surface area contributed by atoms with Crippen molar-refractivity contribution in [2.75, 3.05) is 6.61 Å². The predicted octanol–water partition coefficient (Wildman–Crippen LogP) is 1.35. The van der Waals surface area contributed by atoms with Gasteiger partial charge in [0.15, 0.2) is 0 Å². The third-order valence-electron chi connectivity index (χ3n) is 1.90. The fourth-order valence-electron chi connectivity index (χ4n) is 1.15. The maximum Gasteiger partial charge on any atom is 0.296 e. The van der Waals surface area contributed by atoms with Crippen molar-refractivity contribution in [2.24, 2.45) is 0 Å². The van der Waals surface area contributed by atoms with Crippen LogP contribution in [0.25, 0.3) is 0 Å². The lowest BCUT2D eigenvalue weighted by molar-refractivity contribution is 0.237. The molecule has 0 radical (unpaired) electrons. The van der Waals surface area contributed by atoms with Crippen molar-refractivity contribution >= 4 is 10.1 Å². The minimum absolute atomic E-state index is 0.0797. The SMILES string of the molecule is CCCOc1cccc(C(O)S(=O)(=O)O)c1. The van der Waals surface area contributed by atoms with E-state index in [-0.39, 0.29) is 5.56 Å². The molecule has 0 saturated carbocycles. The van der Waals surface area contributed by atoms with Gasteiger partial charge in [0.1, 0.15) is 5.75 Å². The summed E-state index contributed by atoms with van der Waals surface area (Å²) < 4.78 is 35.4. The monoisotopic (exact) mass is 246 g/mol. The van der Waals surface area contributed by atoms with Gasteiger partial charge in [0, 0.05) is 5.56 Å². The van der Waals surface area contributed by atoms with Crippen LogP contribution in [0.3, 0.4) is 0 Å². The Balaban J connectivity index is 2.90. The molecule has 0 aliphatic heterocycles. The van der Waals surface area contributed by atoms with Crippen molar-refractivity contribution in [2.45, 2.75) is 18.8 Å². The topological polar surface area (TPSA) is 83.8 Å². The Morgan fingerprint density at radius 2 is 2.12 bits per heavy atom. The van der Waals surface area contributed by atoms with Gasteiger partial charge < -0.3 is 9.84 Å². The summed E-state index contributed by atoms with van der Waals surface area (Å²) >= 11 is 0. The van der Waals surface area contributed by atoms with E-state index in [1.54, 1.807) is 12.1 Å². The van der Waals surface area contributed by atoms with Gasteiger partial charge >= 0.3 is 0 Å². The summed E-state index contributed by atoms with van der Waals surface area (Å²) in [5.74, 6) is 0.460. The molecule has 0 spiro atoms. The van der Waals surface area contributed by atoms with Crippen LogP contribution in [-0.2, 0) is 10.1 Å². The molecular weight excluding hydrogens is 232 g/mol. The molecule has 5 nitrogen and oxygen atoms in total. The highest BCUT2D eigenvalue weighted by molar-refractivity contribution is 7.85. The van der Waals surface area contributed by atoms with E-state index in [4.69, 9.17) is 9.29 Å². The predicted molar refractivity (Wildman–Crippen MR) is 58.7 cm³/mol. The summed E-state index contributed by atoms with van der Waals surface area (Å²) in [5, 5.41) is 9.31. The van der Waals surface area contributed by atoms with Crippen LogP contribution in [0.1, 0.15) is 24.3 Å². The van der Waals surface area contributed by atoms with Crippen LogP contribution in [0.5, 0.6) is 5.75 Å². The maximum atomic E-state index is 10.7. The van der Waals surface area contributed by atoms with Crippen LogP contribution < -0.4 is 4.74 Å². The van der Waals surface area contributed by atoms with Gasteiger partial charge in [0.25, 0.3) is 10.1 Å². The fraction of sp³-hybridized carbons (Fsp3) is 0.400. The van der Waals surface area contributed by atoms with Gasteiger partial charge in [0.05, 0.1) is 6.61 Å². The van der Waals surface area contributed by atoms with E-state index in [1.807, 2.05) is 6.92 Å². The van der Waals surface area contributed by atoms with Crippen molar-refractivity contribution in [3.63, 3.8) is 0 Å². The molecular formula is C10H14O5S. The number of hydrogen-bond donors (Lipinski definition) is 2. The van der Waals surface area contributed by atoms with Crippen molar-refractivity contribution in [3.8, 4) is 5.75 Å². The van der Waals surface area contributed by atoms with Gasteiger partial charge in [-0.05, 0) is 18.6 Å². The smallest absolute Gasteiger partial charge is 0.296 e. The molecule has 0 heterocycles. The molecule has 1 unspecified atom stereocenters. The molecule has 6 heteroatoms. The average molecular weight is 246 g/mol. The molecule has 90 valence electrons. The Labute approximate surface area is 94.4 Å². The fourth-order valence-corrected chi connectivity index (χ4v) is 1.64.